The van der Waals surface area contributed by atoms with Crippen LogP contribution in [0.3, 0.4) is 0 Å². The molecule has 1 fully saturated rings. The van der Waals surface area contributed by atoms with E-state index in [1.807, 2.05) is 12.1 Å². The number of benzene rings is 1. The Morgan fingerprint density at radius 2 is 2.21 bits per heavy atom. The van der Waals surface area contributed by atoms with Gasteiger partial charge in [-0.1, -0.05) is 28.9 Å². The number of ether oxygens (including phenoxy) is 1. The Kier molecular flexibility index (Phi) is 5.12. The minimum Gasteiger partial charge on any atom is -0.437 e. The van der Waals surface area contributed by atoms with E-state index in [2.05, 4.69) is 20.4 Å². The summed E-state index contributed by atoms with van der Waals surface area (Å²) < 4.78 is 10.9. The quantitative estimate of drug-likeness (QED) is 0.705. The van der Waals surface area contributed by atoms with Crippen LogP contribution in [0.1, 0.15) is 24.1 Å². The molecule has 1 unspecified atom stereocenters. The van der Waals surface area contributed by atoms with Crippen LogP contribution >= 0.6 is 11.6 Å². The van der Waals surface area contributed by atoms with Crippen molar-refractivity contribution in [2.45, 2.75) is 19.3 Å². The summed E-state index contributed by atoms with van der Waals surface area (Å²) in [4.78, 5) is 22.7. The van der Waals surface area contributed by atoms with Crippen LogP contribution in [0.2, 0.25) is 5.02 Å². The molecule has 28 heavy (non-hydrogen) atoms. The predicted molar refractivity (Wildman–Crippen MR) is 103 cm³/mol. The van der Waals surface area contributed by atoms with Crippen molar-refractivity contribution < 1.29 is 14.1 Å². The van der Waals surface area contributed by atoms with E-state index in [1.54, 1.807) is 42.3 Å². The Hall–Kier alpha value is -3.13. The summed E-state index contributed by atoms with van der Waals surface area (Å²) in [5, 5.41) is 7.17. The Labute approximate surface area is 166 Å². The van der Waals surface area contributed by atoms with Gasteiger partial charge in [-0.3, -0.25) is 0 Å². The van der Waals surface area contributed by atoms with Crippen molar-refractivity contribution >= 4 is 23.3 Å². The summed E-state index contributed by atoms with van der Waals surface area (Å²) in [6, 6.07) is 10.3. The second-order valence-corrected chi connectivity index (χ2v) is 6.86. The summed E-state index contributed by atoms with van der Waals surface area (Å²) in [6.07, 6.45) is 2.35. The molecule has 1 aromatic carbocycles. The lowest BCUT2D eigenvalue weighted by molar-refractivity contribution is 0.221. The number of carbonyl (C=O) groups is 1. The van der Waals surface area contributed by atoms with E-state index >= 15 is 0 Å². The maximum Gasteiger partial charge on any atom is 0.321 e. The van der Waals surface area contributed by atoms with Gasteiger partial charge in [-0.05, 0) is 31.5 Å². The third kappa shape index (κ3) is 4.07. The summed E-state index contributed by atoms with van der Waals surface area (Å²) in [6.45, 7) is 2.92. The highest BCUT2D eigenvalue weighted by atomic mass is 35.5. The number of halogens is 1. The molecule has 1 N–H and O–H groups in total. The number of likely N-dealkylation sites (tertiary alicyclic amines) is 1. The average Bonchev–Trinajstić information content (AvgIpc) is 3.33. The zero-order chi connectivity index (χ0) is 19.5. The van der Waals surface area contributed by atoms with Gasteiger partial charge >= 0.3 is 6.03 Å². The number of hydrogen-bond acceptors (Lipinski definition) is 6. The van der Waals surface area contributed by atoms with E-state index in [1.165, 1.54) is 0 Å². The molecule has 3 aromatic rings. The highest BCUT2D eigenvalue weighted by molar-refractivity contribution is 6.32. The first-order valence-electron chi connectivity index (χ1n) is 8.83. The first-order chi connectivity index (χ1) is 13.6. The van der Waals surface area contributed by atoms with Crippen molar-refractivity contribution in [3.63, 3.8) is 0 Å². The van der Waals surface area contributed by atoms with Crippen LogP contribution < -0.4 is 10.1 Å². The Morgan fingerprint density at radius 1 is 1.36 bits per heavy atom. The van der Waals surface area contributed by atoms with Crippen LogP contribution in [0.15, 0.2) is 47.1 Å². The number of rotatable bonds is 4. The molecule has 1 aliphatic rings. The van der Waals surface area contributed by atoms with Crippen molar-refractivity contribution in [3.8, 4) is 11.6 Å². The van der Waals surface area contributed by atoms with Gasteiger partial charge in [-0.25, -0.2) is 9.78 Å². The van der Waals surface area contributed by atoms with Crippen LogP contribution in [-0.4, -0.2) is 39.1 Å². The molecule has 144 valence electrons. The van der Waals surface area contributed by atoms with E-state index in [0.29, 0.717) is 47.1 Å². The summed E-state index contributed by atoms with van der Waals surface area (Å²) in [5.41, 5.74) is 0.583. The number of hydrogen-bond donors (Lipinski definition) is 1. The molecule has 1 atom stereocenters. The molecule has 1 saturated heterocycles. The lowest BCUT2D eigenvalue weighted by atomic mass is 10.1. The molecule has 0 radical (unpaired) electrons. The minimum atomic E-state index is -0.200. The number of pyridine rings is 1. The lowest BCUT2D eigenvalue weighted by Crippen LogP contribution is -2.32. The highest BCUT2D eigenvalue weighted by Crippen LogP contribution is 2.29. The molecule has 9 heteroatoms. The van der Waals surface area contributed by atoms with Crippen molar-refractivity contribution in [1.29, 1.82) is 0 Å². The van der Waals surface area contributed by atoms with Gasteiger partial charge < -0.3 is 19.5 Å². The van der Waals surface area contributed by atoms with E-state index < -0.39 is 0 Å². The fraction of sp³-hybridized carbons (Fsp3) is 0.263. The van der Waals surface area contributed by atoms with Crippen molar-refractivity contribution in [3.05, 3.63) is 59.3 Å². The zero-order valence-electron chi connectivity index (χ0n) is 15.1. The smallest absolute Gasteiger partial charge is 0.321 e. The molecule has 1 aliphatic heterocycles. The third-order valence-electron chi connectivity index (χ3n) is 4.41. The minimum absolute atomic E-state index is 0.0588. The fourth-order valence-corrected chi connectivity index (χ4v) is 3.19. The van der Waals surface area contributed by atoms with Gasteiger partial charge in [0.15, 0.2) is 5.82 Å². The van der Waals surface area contributed by atoms with Gasteiger partial charge in [0.2, 0.25) is 11.8 Å². The largest absolute Gasteiger partial charge is 0.437 e. The van der Waals surface area contributed by atoms with E-state index in [0.717, 1.165) is 6.42 Å². The first-order valence-corrected chi connectivity index (χ1v) is 9.21. The number of nitrogens with zero attached hydrogens (tertiary/aromatic N) is 4. The molecule has 0 aliphatic carbocycles. The molecule has 4 rings (SSSR count). The number of aromatic nitrogens is 3. The second kappa shape index (κ2) is 7.85. The van der Waals surface area contributed by atoms with Crippen LogP contribution in [0.25, 0.3) is 0 Å². The molecule has 0 bridgehead atoms. The molecular formula is C19H18ClN5O3. The van der Waals surface area contributed by atoms with Crippen molar-refractivity contribution in [2.24, 2.45) is 0 Å². The van der Waals surface area contributed by atoms with Crippen LogP contribution in [0, 0.1) is 6.92 Å². The summed E-state index contributed by atoms with van der Waals surface area (Å²) in [5.74, 6) is 2.07. The molecule has 0 saturated carbocycles. The average molecular weight is 400 g/mol. The fourth-order valence-electron chi connectivity index (χ4n) is 3.01. The van der Waals surface area contributed by atoms with Crippen molar-refractivity contribution in [1.82, 2.24) is 20.0 Å². The second-order valence-electron chi connectivity index (χ2n) is 6.46. The SMILES string of the molecule is Cc1noc(C2CCN(C(=O)Nc3ccnc(Oc4ccccc4Cl)c3)C2)n1. The Balaban J connectivity index is 1.39. The highest BCUT2D eigenvalue weighted by Gasteiger charge is 2.31. The van der Waals surface area contributed by atoms with Crippen LogP contribution in [-0.2, 0) is 0 Å². The van der Waals surface area contributed by atoms with Crippen molar-refractivity contribution in [2.75, 3.05) is 18.4 Å². The van der Waals surface area contributed by atoms with E-state index in [4.69, 9.17) is 20.9 Å². The molecule has 8 nitrogen and oxygen atoms in total. The molecule has 3 heterocycles. The van der Waals surface area contributed by atoms with Gasteiger partial charge in [0, 0.05) is 31.0 Å². The van der Waals surface area contributed by atoms with Gasteiger partial charge in [0.25, 0.3) is 0 Å². The Bertz CT molecular complexity index is 993. The van der Waals surface area contributed by atoms with Crippen LogP contribution in [0.5, 0.6) is 11.6 Å². The molecule has 0 spiro atoms. The zero-order valence-corrected chi connectivity index (χ0v) is 15.9. The predicted octanol–water partition coefficient (Wildman–Crippen LogP) is 4.24. The van der Waals surface area contributed by atoms with E-state index in [9.17, 15) is 4.79 Å². The molecule has 2 amide bonds. The Morgan fingerprint density at radius 3 is 3.00 bits per heavy atom. The number of amides is 2. The number of aryl methyl sites for hydroxylation is 1. The summed E-state index contributed by atoms with van der Waals surface area (Å²) in [7, 11) is 0. The first kappa shape index (κ1) is 18.2. The maximum absolute atomic E-state index is 12.6. The van der Waals surface area contributed by atoms with Gasteiger partial charge in [-0.2, -0.15) is 4.98 Å². The summed E-state index contributed by atoms with van der Waals surface area (Å²) >= 11 is 6.10. The van der Waals surface area contributed by atoms with Gasteiger partial charge in [0.1, 0.15) is 5.75 Å². The number of para-hydroxylation sites is 1. The standard InChI is InChI=1S/C19H18ClN5O3/c1-12-22-18(28-24-12)13-7-9-25(11-13)19(26)23-14-6-8-21-17(10-14)27-16-5-3-2-4-15(16)20/h2-6,8,10,13H,7,9,11H2,1H3,(H,21,23,26). The number of carbonyl (C=O) groups excluding carboxylic acids is 1. The number of anilines is 1. The number of nitrogens with one attached hydrogen (secondary N) is 1. The maximum atomic E-state index is 12.6. The molecular weight excluding hydrogens is 382 g/mol. The van der Waals surface area contributed by atoms with E-state index in [-0.39, 0.29) is 11.9 Å². The third-order valence-corrected chi connectivity index (χ3v) is 4.72. The molecule has 2 aromatic heterocycles. The number of urea groups is 1. The topological polar surface area (TPSA) is 93.4 Å². The lowest BCUT2D eigenvalue weighted by Gasteiger charge is -2.17. The van der Waals surface area contributed by atoms with Gasteiger partial charge in [-0.15, -0.1) is 0 Å². The van der Waals surface area contributed by atoms with Crippen LogP contribution in [0.4, 0.5) is 10.5 Å². The normalized spacial score (nSPS) is 16.2. The monoisotopic (exact) mass is 399 g/mol. The van der Waals surface area contributed by atoms with Gasteiger partial charge in [0.05, 0.1) is 10.9 Å².